The minimum Gasteiger partial charge on any atom is -0.363 e. The molecule has 2 aromatic carbocycles. The van der Waals surface area contributed by atoms with Gasteiger partial charge in [-0.25, -0.2) is 4.98 Å². The molecule has 3 aromatic rings. The smallest absolute Gasteiger partial charge is 0.226 e. The highest BCUT2D eigenvalue weighted by Crippen LogP contribution is 2.27. The number of nitrogens with zero attached hydrogens (tertiary/aromatic N) is 5. The van der Waals surface area contributed by atoms with Crippen LogP contribution in [0, 0.1) is 17.2 Å². The summed E-state index contributed by atoms with van der Waals surface area (Å²) in [6.45, 7) is 7.35. The van der Waals surface area contributed by atoms with E-state index in [0.717, 1.165) is 36.3 Å². The Kier molecular flexibility index (Phi) is 13.1. The zero-order valence-electron chi connectivity index (χ0n) is 24.6. The first-order valence-corrected chi connectivity index (χ1v) is 15.1. The van der Waals surface area contributed by atoms with Crippen LogP contribution in [0.1, 0.15) is 42.7 Å². The van der Waals surface area contributed by atoms with Crippen LogP contribution >= 0.6 is 35.4 Å². The van der Waals surface area contributed by atoms with E-state index in [1.807, 2.05) is 47.8 Å². The number of hydrogen-bond acceptors (Lipinski definition) is 5. The van der Waals surface area contributed by atoms with Crippen molar-refractivity contribution in [3.63, 3.8) is 0 Å². The van der Waals surface area contributed by atoms with E-state index in [2.05, 4.69) is 40.4 Å². The van der Waals surface area contributed by atoms with Crippen molar-refractivity contribution in [3.05, 3.63) is 87.4 Å². The van der Waals surface area contributed by atoms with Gasteiger partial charge in [0.2, 0.25) is 5.91 Å². The number of thiocarbonyl (C=S) groups is 1. The second kappa shape index (κ2) is 16.5. The molecular weight excluding hydrogens is 589 g/mol. The molecule has 1 amide bonds. The minimum absolute atomic E-state index is 0.0964. The van der Waals surface area contributed by atoms with Crippen LogP contribution in [0.4, 0.5) is 0 Å². The van der Waals surface area contributed by atoms with E-state index < -0.39 is 0 Å². The number of aromatic nitrogens is 2. The molecule has 0 spiro atoms. The first-order chi connectivity index (χ1) is 20.1. The van der Waals surface area contributed by atoms with Gasteiger partial charge in [0.15, 0.2) is 5.11 Å². The normalized spacial score (nSPS) is 11.8. The van der Waals surface area contributed by atoms with Gasteiger partial charge >= 0.3 is 0 Å². The fourth-order valence-electron chi connectivity index (χ4n) is 4.40. The van der Waals surface area contributed by atoms with Crippen LogP contribution in [-0.4, -0.2) is 70.1 Å². The number of nitrogens with one attached hydrogen (secondary N) is 2. The van der Waals surface area contributed by atoms with Gasteiger partial charge in [-0.15, -0.1) is 0 Å². The van der Waals surface area contributed by atoms with Crippen LogP contribution in [0.25, 0.3) is 0 Å². The van der Waals surface area contributed by atoms with Crippen LogP contribution in [-0.2, 0) is 24.3 Å². The highest BCUT2D eigenvalue weighted by Gasteiger charge is 2.23. The first-order valence-electron chi connectivity index (χ1n) is 13.9. The second-order valence-corrected chi connectivity index (χ2v) is 12.1. The molecule has 0 radical (unpaired) electrons. The van der Waals surface area contributed by atoms with Crippen molar-refractivity contribution in [2.45, 2.75) is 45.8 Å². The number of carbonyl (C=O) groups excluding carboxylic acids is 1. The zero-order chi connectivity index (χ0) is 30.6. The van der Waals surface area contributed by atoms with E-state index in [0.29, 0.717) is 40.4 Å². The van der Waals surface area contributed by atoms with E-state index in [1.165, 1.54) is 0 Å². The summed E-state index contributed by atoms with van der Waals surface area (Å²) >= 11 is 18.7. The molecule has 224 valence electrons. The Labute approximate surface area is 264 Å². The third kappa shape index (κ3) is 10.3. The maximum absolute atomic E-state index is 13.3. The van der Waals surface area contributed by atoms with Crippen molar-refractivity contribution >= 4 is 46.4 Å². The summed E-state index contributed by atoms with van der Waals surface area (Å²) in [6, 6.07) is 14.9. The van der Waals surface area contributed by atoms with E-state index in [9.17, 15) is 4.79 Å². The molecule has 8 nitrogen and oxygen atoms in total. The summed E-state index contributed by atoms with van der Waals surface area (Å²) in [4.78, 5) is 21.7. The molecule has 1 aromatic heterocycles. The molecule has 0 bridgehead atoms. The monoisotopic (exact) mass is 627 g/mol. The van der Waals surface area contributed by atoms with Crippen molar-refractivity contribution in [2.75, 3.05) is 33.7 Å². The van der Waals surface area contributed by atoms with Crippen LogP contribution < -0.4 is 10.6 Å². The average Bonchev–Trinajstić information content (AvgIpc) is 3.38. The molecule has 2 N–H and O–H groups in total. The Morgan fingerprint density at radius 1 is 1.17 bits per heavy atom. The Balaban J connectivity index is 1.70. The summed E-state index contributed by atoms with van der Waals surface area (Å²) in [5.74, 6) is 0.0484. The third-order valence-electron chi connectivity index (χ3n) is 6.88. The van der Waals surface area contributed by atoms with Gasteiger partial charge in [0.1, 0.15) is 0 Å². The predicted octanol–water partition coefficient (Wildman–Crippen LogP) is 5.12. The number of benzene rings is 2. The van der Waals surface area contributed by atoms with Gasteiger partial charge in [0.25, 0.3) is 0 Å². The summed E-state index contributed by atoms with van der Waals surface area (Å²) < 4.78 is 1.95. The lowest BCUT2D eigenvalue weighted by Crippen LogP contribution is -2.51. The fraction of sp³-hybridized carbons (Fsp3) is 0.419. The molecule has 0 saturated heterocycles. The molecule has 1 heterocycles. The van der Waals surface area contributed by atoms with Crippen molar-refractivity contribution in [3.8, 4) is 6.07 Å². The van der Waals surface area contributed by atoms with E-state index in [-0.39, 0.29) is 24.3 Å². The van der Waals surface area contributed by atoms with Crippen molar-refractivity contribution in [2.24, 2.45) is 5.92 Å². The molecule has 1 atom stereocenters. The van der Waals surface area contributed by atoms with Crippen LogP contribution in [0.2, 0.25) is 10.0 Å². The molecule has 0 fully saturated rings. The molecule has 0 unspecified atom stereocenters. The quantitative estimate of drug-likeness (QED) is 0.189. The lowest BCUT2D eigenvalue weighted by molar-refractivity contribution is -0.121. The van der Waals surface area contributed by atoms with Gasteiger partial charge in [-0.1, -0.05) is 61.3 Å². The summed E-state index contributed by atoms with van der Waals surface area (Å²) in [6.07, 6.45) is 4.57. The molecular formula is C31H39Cl2N7OS. The third-order valence-corrected chi connectivity index (χ3v) is 8.14. The van der Waals surface area contributed by atoms with E-state index in [1.54, 1.807) is 30.7 Å². The van der Waals surface area contributed by atoms with E-state index >= 15 is 0 Å². The Morgan fingerprint density at radius 2 is 1.90 bits per heavy atom. The lowest BCUT2D eigenvalue weighted by Gasteiger charge is -2.33. The predicted molar refractivity (Wildman–Crippen MR) is 174 cm³/mol. The van der Waals surface area contributed by atoms with Crippen molar-refractivity contribution in [1.82, 2.24) is 30.0 Å². The molecule has 42 heavy (non-hydrogen) atoms. The lowest BCUT2D eigenvalue weighted by atomic mass is 10.0. The fourth-order valence-corrected chi connectivity index (χ4v) is 5.02. The number of imidazole rings is 1. The van der Waals surface area contributed by atoms with Crippen LogP contribution in [0.3, 0.4) is 0 Å². The number of rotatable bonds is 14. The molecule has 0 aliphatic heterocycles. The van der Waals surface area contributed by atoms with Gasteiger partial charge in [-0.05, 0) is 74.5 Å². The molecule has 0 aliphatic carbocycles. The van der Waals surface area contributed by atoms with Crippen molar-refractivity contribution < 1.29 is 4.79 Å². The molecule has 0 saturated carbocycles. The van der Waals surface area contributed by atoms with Gasteiger partial charge in [0, 0.05) is 44.1 Å². The molecule has 3 rings (SSSR count). The van der Waals surface area contributed by atoms with Gasteiger partial charge in [-0.3, -0.25) is 4.79 Å². The zero-order valence-corrected chi connectivity index (χ0v) is 26.9. The number of halogens is 2. The van der Waals surface area contributed by atoms with Crippen LogP contribution in [0.5, 0.6) is 0 Å². The first kappa shape index (κ1) is 33.3. The van der Waals surface area contributed by atoms with Crippen molar-refractivity contribution in [1.29, 1.82) is 5.26 Å². The summed E-state index contributed by atoms with van der Waals surface area (Å²) in [5, 5.41) is 17.3. The number of amides is 1. The molecule has 11 heteroatoms. The Hall–Kier alpha value is -3.16. The second-order valence-electron chi connectivity index (χ2n) is 10.9. The number of hydrogen-bond donors (Lipinski definition) is 2. The topological polar surface area (TPSA) is 89.2 Å². The Morgan fingerprint density at radius 3 is 2.57 bits per heavy atom. The molecule has 0 aliphatic rings. The number of carbonyl (C=O) groups is 1. The SMILES string of the molecule is CC(C)[C@@H](CN(Cc1cccc(Cl)c1Cl)C(=S)NCCCN(C)C)NC(=O)Cc1cncn1Cc1ccc(C#N)cc1. The average molecular weight is 629 g/mol. The van der Waals surface area contributed by atoms with Gasteiger partial charge in [-0.2, -0.15) is 5.26 Å². The highest BCUT2D eigenvalue weighted by molar-refractivity contribution is 7.80. The minimum atomic E-state index is -0.174. The summed E-state index contributed by atoms with van der Waals surface area (Å²) in [5.41, 5.74) is 3.30. The maximum Gasteiger partial charge on any atom is 0.226 e. The van der Waals surface area contributed by atoms with Gasteiger partial charge < -0.3 is 25.0 Å². The van der Waals surface area contributed by atoms with Gasteiger partial charge in [0.05, 0.1) is 34.4 Å². The maximum atomic E-state index is 13.3. The summed E-state index contributed by atoms with van der Waals surface area (Å²) in [7, 11) is 4.09. The van der Waals surface area contributed by atoms with Crippen LogP contribution in [0.15, 0.2) is 55.0 Å². The Bertz CT molecular complexity index is 1370. The number of nitriles is 1. The van der Waals surface area contributed by atoms with E-state index in [4.69, 9.17) is 40.7 Å². The standard InChI is InChI=1S/C31H39Cl2N7OS/c1-22(2)28(37-29(41)15-26-17-35-21-40(26)18-24-11-9-23(16-34)10-12-24)20-39(31(42)36-13-6-14-38(3)4)19-25-7-5-8-27(32)30(25)33/h5,7-12,17,21-22,28H,6,13-15,18-20H2,1-4H3,(H,36,42)(H,37,41)/t28-/m1/s1. The highest BCUT2D eigenvalue weighted by atomic mass is 35.5. The largest absolute Gasteiger partial charge is 0.363 e.